The molecule has 1 aliphatic rings. The van der Waals surface area contributed by atoms with Crippen molar-refractivity contribution >= 4 is 44.2 Å². The van der Waals surface area contributed by atoms with Gasteiger partial charge in [0.05, 0.1) is 22.7 Å². The summed E-state index contributed by atoms with van der Waals surface area (Å²) >= 11 is 1.40. The molecule has 2 heterocycles. The first kappa shape index (κ1) is 17.5. The maximum atomic E-state index is 12.6. The average Bonchev–Trinajstić information content (AvgIpc) is 3.25. The topological polar surface area (TPSA) is 71.5 Å². The number of para-hydroxylation sites is 1. The van der Waals surface area contributed by atoms with Gasteiger partial charge in [-0.05, 0) is 37.3 Å². The Morgan fingerprint density at radius 3 is 2.89 bits per heavy atom. The average molecular weight is 381 g/mol. The molecular formula is C20H19N3O3S. The van der Waals surface area contributed by atoms with Gasteiger partial charge in [0, 0.05) is 18.7 Å². The van der Waals surface area contributed by atoms with Gasteiger partial charge in [-0.25, -0.2) is 4.98 Å². The number of hydrogen-bond acceptors (Lipinski definition) is 5. The summed E-state index contributed by atoms with van der Waals surface area (Å²) in [4.78, 5) is 31.1. The number of carbonyl (C=O) groups excluding carboxylic acids is 2. The predicted octanol–water partition coefficient (Wildman–Crippen LogP) is 3.69. The third kappa shape index (κ3) is 3.64. The second kappa shape index (κ2) is 7.36. The van der Waals surface area contributed by atoms with Crippen molar-refractivity contribution in [1.29, 1.82) is 0 Å². The molecule has 0 spiro atoms. The van der Waals surface area contributed by atoms with E-state index in [1.165, 1.54) is 11.3 Å². The Labute approximate surface area is 160 Å². The number of anilines is 2. The Morgan fingerprint density at radius 2 is 2.11 bits per heavy atom. The summed E-state index contributed by atoms with van der Waals surface area (Å²) in [7, 11) is 0. The summed E-state index contributed by atoms with van der Waals surface area (Å²) in [6, 6.07) is 15.1. The molecule has 27 heavy (non-hydrogen) atoms. The molecule has 1 aliphatic heterocycles. The Kier molecular flexibility index (Phi) is 4.77. The van der Waals surface area contributed by atoms with Gasteiger partial charge in [0.15, 0.2) is 5.13 Å². The van der Waals surface area contributed by atoms with Crippen LogP contribution in [0.25, 0.3) is 10.2 Å². The molecule has 2 aromatic carbocycles. The highest BCUT2D eigenvalue weighted by Crippen LogP contribution is 2.31. The number of aromatic nitrogens is 1. The zero-order valence-corrected chi connectivity index (χ0v) is 15.7. The summed E-state index contributed by atoms with van der Waals surface area (Å²) in [5.41, 5.74) is 1.63. The number of ether oxygens (including phenoxy) is 1. The smallest absolute Gasteiger partial charge is 0.231 e. The molecule has 0 saturated carbocycles. The van der Waals surface area contributed by atoms with Crippen LogP contribution in [0.1, 0.15) is 13.3 Å². The molecule has 6 nitrogen and oxygen atoms in total. The SMILES string of the molecule is CCOc1ccc2nc(NC(=O)[C@@H]3CC(=O)N(c4ccccc4)C3)sc2c1. The third-order valence-electron chi connectivity index (χ3n) is 4.46. The maximum Gasteiger partial charge on any atom is 0.231 e. The van der Waals surface area contributed by atoms with Crippen molar-refractivity contribution in [2.24, 2.45) is 5.92 Å². The van der Waals surface area contributed by atoms with E-state index in [0.717, 1.165) is 21.7 Å². The Bertz CT molecular complexity index is 987. The minimum Gasteiger partial charge on any atom is -0.494 e. The van der Waals surface area contributed by atoms with Gasteiger partial charge in [-0.2, -0.15) is 0 Å². The monoisotopic (exact) mass is 381 g/mol. The van der Waals surface area contributed by atoms with E-state index < -0.39 is 0 Å². The molecule has 1 saturated heterocycles. The van der Waals surface area contributed by atoms with Gasteiger partial charge in [-0.15, -0.1) is 0 Å². The highest BCUT2D eigenvalue weighted by Gasteiger charge is 2.35. The fourth-order valence-corrected chi connectivity index (χ4v) is 4.06. The van der Waals surface area contributed by atoms with Crippen LogP contribution in [0.15, 0.2) is 48.5 Å². The summed E-state index contributed by atoms with van der Waals surface area (Å²) in [5, 5.41) is 3.40. The van der Waals surface area contributed by atoms with Crippen molar-refractivity contribution in [2.75, 3.05) is 23.4 Å². The van der Waals surface area contributed by atoms with Crippen LogP contribution in [-0.2, 0) is 9.59 Å². The first-order valence-electron chi connectivity index (χ1n) is 8.83. The van der Waals surface area contributed by atoms with E-state index in [2.05, 4.69) is 10.3 Å². The Morgan fingerprint density at radius 1 is 1.30 bits per heavy atom. The van der Waals surface area contributed by atoms with E-state index >= 15 is 0 Å². The molecule has 2 amide bonds. The van der Waals surface area contributed by atoms with Crippen LogP contribution in [-0.4, -0.2) is 29.9 Å². The van der Waals surface area contributed by atoms with E-state index in [4.69, 9.17) is 4.74 Å². The molecule has 1 aromatic heterocycles. The molecule has 1 fully saturated rings. The number of hydrogen-bond donors (Lipinski definition) is 1. The summed E-state index contributed by atoms with van der Waals surface area (Å²) in [5.74, 6) is 0.188. The van der Waals surface area contributed by atoms with Crippen molar-refractivity contribution in [3.8, 4) is 5.75 Å². The number of rotatable bonds is 5. The van der Waals surface area contributed by atoms with Gasteiger partial charge in [0.25, 0.3) is 0 Å². The number of thiazole rings is 1. The van der Waals surface area contributed by atoms with Crippen molar-refractivity contribution in [3.05, 3.63) is 48.5 Å². The van der Waals surface area contributed by atoms with Crippen molar-refractivity contribution in [2.45, 2.75) is 13.3 Å². The molecule has 4 rings (SSSR count). The predicted molar refractivity (Wildman–Crippen MR) is 106 cm³/mol. The lowest BCUT2D eigenvalue weighted by molar-refractivity contribution is -0.122. The highest BCUT2D eigenvalue weighted by molar-refractivity contribution is 7.22. The van der Waals surface area contributed by atoms with Crippen molar-refractivity contribution < 1.29 is 14.3 Å². The van der Waals surface area contributed by atoms with Crippen molar-refractivity contribution in [1.82, 2.24) is 4.98 Å². The van der Waals surface area contributed by atoms with E-state index in [-0.39, 0.29) is 24.2 Å². The fraction of sp³-hybridized carbons (Fsp3) is 0.250. The molecule has 0 bridgehead atoms. The minimum atomic E-state index is -0.385. The van der Waals surface area contributed by atoms with Crippen LogP contribution in [0.2, 0.25) is 0 Å². The molecule has 0 aliphatic carbocycles. The third-order valence-corrected chi connectivity index (χ3v) is 5.40. The van der Waals surface area contributed by atoms with Crippen LogP contribution in [0, 0.1) is 5.92 Å². The number of nitrogens with one attached hydrogen (secondary N) is 1. The van der Waals surface area contributed by atoms with Gasteiger partial charge in [0.1, 0.15) is 5.75 Å². The van der Waals surface area contributed by atoms with Crippen LogP contribution in [0.5, 0.6) is 5.75 Å². The fourth-order valence-electron chi connectivity index (χ4n) is 3.16. The van der Waals surface area contributed by atoms with E-state index in [1.807, 2.05) is 55.5 Å². The Balaban J connectivity index is 1.46. The molecular weight excluding hydrogens is 362 g/mol. The number of fused-ring (bicyclic) bond motifs is 1. The number of carbonyl (C=O) groups is 2. The molecule has 7 heteroatoms. The first-order chi connectivity index (χ1) is 13.1. The van der Waals surface area contributed by atoms with Crippen LogP contribution in [0.3, 0.4) is 0 Å². The van der Waals surface area contributed by atoms with Gasteiger partial charge >= 0.3 is 0 Å². The molecule has 1 N–H and O–H groups in total. The van der Waals surface area contributed by atoms with Crippen LogP contribution in [0.4, 0.5) is 10.8 Å². The largest absolute Gasteiger partial charge is 0.494 e. The standard InChI is InChI=1S/C20H19N3O3S/c1-2-26-15-8-9-16-17(11-15)27-20(21-16)22-19(25)13-10-18(24)23(12-13)14-6-4-3-5-7-14/h3-9,11,13H,2,10,12H2,1H3,(H,21,22,25)/t13-/m1/s1. The lowest BCUT2D eigenvalue weighted by Gasteiger charge is -2.16. The Hall–Kier alpha value is -2.93. The first-order valence-corrected chi connectivity index (χ1v) is 9.65. The van der Waals surface area contributed by atoms with Crippen LogP contribution >= 0.6 is 11.3 Å². The zero-order valence-electron chi connectivity index (χ0n) is 14.8. The molecule has 138 valence electrons. The highest BCUT2D eigenvalue weighted by atomic mass is 32.1. The van der Waals surface area contributed by atoms with Gasteiger partial charge < -0.3 is 15.0 Å². The lowest BCUT2D eigenvalue weighted by atomic mass is 10.1. The van der Waals surface area contributed by atoms with E-state index in [0.29, 0.717) is 18.3 Å². The molecule has 0 radical (unpaired) electrons. The van der Waals surface area contributed by atoms with Gasteiger partial charge in [-0.3, -0.25) is 9.59 Å². The number of nitrogens with zero attached hydrogens (tertiary/aromatic N) is 2. The van der Waals surface area contributed by atoms with E-state index in [1.54, 1.807) is 4.90 Å². The van der Waals surface area contributed by atoms with E-state index in [9.17, 15) is 9.59 Å². The number of amides is 2. The lowest BCUT2D eigenvalue weighted by Crippen LogP contribution is -2.28. The molecule has 3 aromatic rings. The maximum absolute atomic E-state index is 12.6. The second-order valence-corrected chi connectivity index (χ2v) is 7.34. The van der Waals surface area contributed by atoms with Gasteiger partial charge in [0.2, 0.25) is 11.8 Å². The second-order valence-electron chi connectivity index (χ2n) is 6.31. The minimum absolute atomic E-state index is 0.0352. The summed E-state index contributed by atoms with van der Waals surface area (Å²) in [6.45, 7) is 2.92. The van der Waals surface area contributed by atoms with Gasteiger partial charge in [-0.1, -0.05) is 29.5 Å². The summed E-state index contributed by atoms with van der Waals surface area (Å²) in [6.07, 6.45) is 0.208. The molecule has 1 atom stereocenters. The molecule has 0 unspecified atom stereocenters. The van der Waals surface area contributed by atoms with Crippen LogP contribution < -0.4 is 15.0 Å². The zero-order chi connectivity index (χ0) is 18.8. The normalized spacial score (nSPS) is 16.7. The van der Waals surface area contributed by atoms with Crippen molar-refractivity contribution in [3.63, 3.8) is 0 Å². The summed E-state index contributed by atoms with van der Waals surface area (Å²) < 4.78 is 6.45. The number of benzene rings is 2. The quantitative estimate of drug-likeness (QED) is 0.732.